The van der Waals surface area contributed by atoms with Crippen molar-refractivity contribution in [3.05, 3.63) is 70.5 Å². The predicted molar refractivity (Wildman–Crippen MR) is 112 cm³/mol. The Balaban J connectivity index is 1.82. The van der Waals surface area contributed by atoms with Gasteiger partial charge in [0.1, 0.15) is 5.54 Å². The minimum absolute atomic E-state index is 0.0233. The first-order chi connectivity index (χ1) is 14.0. The van der Waals surface area contributed by atoms with E-state index in [1.807, 2.05) is 67.4 Å². The lowest BCUT2D eigenvalue weighted by Gasteiger charge is -2.43. The first kappa shape index (κ1) is 19.6. The van der Waals surface area contributed by atoms with E-state index in [1.165, 1.54) is 0 Å². The zero-order chi connectivity index (χ0) is 20.4. The Morgan fingerprint density at radius 2 is 1.79 bits per heavy atom. The first-order valence-corrected chi connectivity index (χ1v) is 10.3. The smallest absolute Gasteiger partial charge is 0.254 e. The molecule has 1 heterocycles. The molecule has 0 N–H and O–H groups in total. The number of hydrogen-bond acceptors (Lipinski definition) is 4. The van der Waals surface area contributed by atoms with Gasteiger partial charge in [0.15, 0.2) is 5.82 Å². The number of tetrazole rings is 1. The van der Waals surface area contributed by atoms with Gasteiger partial charge in [-0.15, -0.1) is 5.10 Å². The topological polar surface area (TPSA) is 63.9 Å². The van der Waals surface area contributed by atoms with Crippen molar-refractivity contribution in [1.82, 2.24) is 25.1 Å². The molecule has 0 radical (unpaired) electrons. The van der Waals surface area contributed by atoms with Crippen LogP contribution in [0.25, 0.3) is 5.69 Å². The lowest BCUT2D eigenvalue weighted by molar-refractivity contribution is 0.0386. The molecule has 0 bridgehead atoms. The van der Waals surface area contributed by atoms with E-state index >= 15 is 0 Å². The second-order valence-electron chi connectivity index (χ2n) is 7.62. The van der Waals surface area contributed by atoms with Crippen molar-refractivity contribution < 1.29 is 4.79 Å². The van der Waals surface area contributed by atoms with Gasteiger partial charge >= 0.3 is 0 Å². The normalized spacial score (nSPS) is 15.8. The van der Waals surface area contributed by atoms with Crippen LogP contribution < -0.4 is 0 Å². The summed E-state index contributed by atoms with van der Waals surface area (Å²) >= 11 is 6.35. The highest BCUT2D eigenvalue weighted by Gasteiger charge is 2.45. The molecular formula is C22H24ClN5O. The van der Waals surface area contributed by atoms with Gasteiger partial charge in [-0.1, -0.05) is 55.1 Å². The van der Waals surface area contributed by atoms with Crippen LogP contribution in [-0.4, -0.2) is 38.1 Å². The highest BCUT2D eigenvalue weighted by atomic mass is 35.5. The molecule has 29 heavy (non-hydrogen) atoms. The lowest BCUT2D eigenvalue weighted by atomic mass is 9.79. The Morgan fingerprint density at radius 1 is 1.07 bits per heavy atom. The maximum Gasteiger partial charge on any atom is 0.254 e. The average molecular weight is 410 g/mol. The zero-order valence-corrected chi connectivity index (χ0v) is 17.4. The van der Waals surface area contributed by atoms with Crippen LogP contribution in [0.1, 0.15) is 53.8 Å². The maximum atomic E-state index is 13.3. The third kappa shape index (κ3) is 3.42. The van der Waals surface area contributed by atoms with Gasteiger partial charge in [0.25, 0.3) is 5.91 Å². The second-order valence-corrected chi connectivity index (χ2v) is 8.03. The molecule has 1 aliphatic rings. The van der Waals surface area contributed by atoms with Gasteiger partial charge in [-0.05, 0) is 60.0 Å². The molecule has 1 fully saturated rings. The van der Waals surface area contributed by atoms with Crippen molar-refractivity contribution in [3.63, 3.8) is 0 Å². The molecule has 0 saturated heterocycles. The largest absolute Gasteiger partial charge is 0.329 e. The highest BCUT2D eigenvalue weighted by Crippen LogP contribution is 2.42. The Hall–Kier alpha value is -2.73. The van der Waals surface area contributed by atoms with Crippen molar-refractivity contribution >= 4 is 17.5 Å². The van der Waals surface area contributed by atoms with Crippen molar-refractivity contribution in [3.8, 4) is 5.69 Å². The van der Waals surface area contributed by atoms with Crippen LogP contribution in [0.5, 0.6) is 0 Å². The summed E-state index contributed by atoms with van der Waals surface area (Å²) < 4.78 is 1.75. The van der Waals surface area contributed by atoms with Crippen molar-refractivity contribution in [2.75, 3.05) is 7.05 Å². The first-order valence-electron chi connectivity index (χ1n) is 9.92. The Morgan fingerprint density at radius 3 is 2.52 bits per heavy atom. The molecule has 0 atom stereocenters. The number of amides is 1. The van der Waals surface area contributed by atoms with Gasteiger partial charge in [-0.3, -0.25) is 4.79 Å². The van der Waals surface area contributed by atoms with Gasteiger partial charge in [-0.25, -0.2) is 0 Å². The van der Waals surface area contributed by atoms with Gasteiger partial charge in [0, 0.05) is 17.6 Å². The van der Waals surface area contributed by atoms with Crippen molar-refractivity contribution in [2.45, 2.75) is 44.6 Å². The lowest BCUT2D eigenvalue weighted by Crippen LogP contribution is -2.50. The number of halogens is 1. The maximum absolute atomic E-state index is 13.3. The predicted octanol–water partition coefficient (Wildman–Crippen LogP) is 4.56. The molecule has 1 aliphatic carbocycles. The number of carbonyl (C=O) groups is 1. The van der Waals surface area contributed by atoms with Crippen LogP contribution in [0.15, 0.2) is 48.5 Å². The van der Waals surface area contributed by atoms with Crippen LogP contribution in [-0.2, 0) is 5.54 Å². The van der Waals surface area contributed by atoms with E-state index in [0.717, 1.165) is 43.4 Å². The van der Waals surface area contributed by atoms with Crippen LogP contribution in [0.3, 0.4) is 0 Å². The third-order valence-corrected chi connectivity index (χ3v) is 6.41. The summed E-state index contributed by atoms with van der Waals surface area (Å²) in [6.07, 6.45) is 4.83. The van der Waals surface area contributed by atoms with E-state index < -0.39 is 5.54 Å². The van der Waals surface area contributed by atoms with E-state index in [-0.39, 0.29) is 5.91 Å². The summed E-state index contributed by atoms with van der Waals surface area (Å²) in [5.74, 6) is 0.666. The number of carbonyl (C=O) groups excluding carboxylic acids is 1. The summed E-state index contributed by atoms with van der Waals surface area (Å²) in [5, 5.41) is 13.4. The summed E-state index contributed by atoms with van der Waals surface area (Å²) in [4.78, 5) is 15.2. The van der Waals surface area contributed by atoms with Crippen molar-refractivity contribution in [1.29, 1.82) is 0 Å². The molecule has 1 aromatic heterocycles. The minimum atomic E-state index is -0.566. The monoisotopic (exact) mass is 409 g/mol. The highest BCUT2D eigenvalue weighted by molar-refractivity contribution is 6.31. The third-order valence-electron chi connectivity index (χ3n) is 6.00. The summed E-state index contributed by atoms with van der Waals surface area (Å²) in [5.41, 5.74) is 1.84. The van der Waals surface area contributed by atoms with E-state index in [1.54, 1.807) is 4.68 Å². The van der Waals surface area contributed by atoms with E-state index in [0.29, 0.717) is 16.4 Å². The Labute approximate surface area is 175 Å². The molecular weight excluding hydrogens is 386 g/mol. The number of nitrogens with zero attached hydrogens (tertiary/aromatic N) is 5. The molecule has 0 spiro atoms. The fourth-order valence-corrected chi connectivity index (χ4v) is 4.45. The van der Waals surface area contributed by atoms with Gasteiger partial charge < -0.3 is 4.90 Å². The standard InChI is InChI=1S/C22H24ClN5O/c1-16-18(23)12-9-13-19(16)28-21(24-25-26-28)22(14-7-4-8-15-22)27(2)20(29)17-10-5-3-6-11-17/h3,5-6,9-13H,4,7-8,14-15H2,1-2H3. The molecule has 4 rings (SSSR count). The zero-order valence-electron chi connectivity index (χ0n) is 16.7. The number of benzene rings is 2. The Bertz CT molecular complexity index is 1010. The fraction of sp³-hybridized carbons (Fsp3) is 0.364. The molecule has 2 aromatic carbocycles. The molecule has 3 aromatic rings. The van der Waals surface area contributed by atoms with Crippen LogP contribution in [0.2, 0.25) is 5.02 Å². The summed E-state index contributed by atoms with van der Waals surface area (Å²) in [6, 6.07) is 15.1. The molecule has 0 unspecified atom stereocenters. The molecule has 1 saturated carbocycles. The molecule has 1 amide bonds. The fourth-order valence-electron chi connectivity index (χ4n) is 4.28. The van der Waals surface area contributed by atoms with Crippen molar-refractivity contribution in [2.24, 2.45) is 0 Å². The Kier molecular flexibility index (Phi) is 5.37. The van der Waals surface area contributed by atoms with E-state index in [2.05, 4.69) is 15.5 Å². The molecule has 7 heteroatoms. The van der Waals surface area contributed by atoms with Crippen LogP contribution >= 0.6 is 11.6 Å². The number of rotatable bonds is 4. The van der Waals surface area contributed by atoms with E-state index in [9.17, 15) is 4.79 Å². The molecule has 150 valence electrons. The van der Waals surface area contributed by atoms with E-state index in [4.69, 9.17) is 11.6 Å². The molecule has 6 nitrogen and oxygen atoms in total. The average Bonchev–Trinajstić information content (AvgIpc) is 3.26. The summed E-state index contributed by atoms with van der Waals surface area (Å²) in [6.45, 7) is 1.95. The molecule has 0 aliphatic heterocycles. The van der Waals surface area contributed by atoms with Crippen LogP contribution in [0, 0.1) is 6.92 Å². The minimum Gasteiger partial charge on any atom is -0.329 e. The quantitative estimate of drug-likeness (QED) is 0.633. The SMILES string of the molecule is Cc1c(Cl)cccc1-n1nnnc1C1(N(C)C(=O)c2ccccc2)CCCCC1. The number of aromatic nitrogens is 4. The number of hydrogen-bond donors (Lipinski definition) is 0. The van der Waals surface area contributed by atoms with Gasteiger partial charge in [0.05, 0.1) is 5.69 Å². The van der Waals surface area contributed by atoms with Crippen LogP contribution in [0.4, 0.5) is 0 Å². The van der Waals surface area contributed by atoms with Gasteiger partial charge in [0.2, 0.25) is 0 Å². The van der Waals surface area contributed by atoms with Gasteiger partial charge in [-0.2, -0.15) is 4.68 Å². The second kappa shape index (κ2) is 7.95. The summed E-state index contributed by atoms with van der Waals surface area (Å²) in [7, 11) is 1.87.